The Hall–Kier alpha value is -4.49. The summed E-state index contributed by atoms with van der Waals surface area (Å²) in [6.45, 7) is 4.91. The number of nitrogens with one attached hydrogen (secondary N) is 1. The fourth-order valence-electron chi connectivity index (χ4n) is 11.1. The molecule has 462 valence electrons. The average molecular weight is 1160 g/mol. The number of unbranched alkanes of at least 4 members (excludes halogenated alkanes) is 10. The van der Waals surface area contributed by atoms with E-state index in [0.29, 0.717) is 6.42 Å². The Labute approximate surface area is 472 Å². The van der Waals surface area contributed by atoms with Crippen LogP contribution >= 0.6 is 0 Å². The summed E-state index contributed by atoms with van der Waals surface area (Å²) in [7, 11) is 8.12. The summed E-state index contributed by atoms with van der Waals surface area (Å²) in [5.41, 5.74) is 4.00. The van der Waals surface area contributed by atoms with Crippen LogP contribution in [0.25, 0.3) is 0 Å². The van der Waals surface area contributed by atoms with Gasteiger partial charge in [0, 0.05) is 66.6 Å². The first-order valence-corrected chi connectivity index (χ1v) is 28.2. The third kappa shape index (κ3) is 17.8. The van der Waals surface area contributed by atoms with Gasteiger partial charge in [-0.1, -0.05) is 78.1 Å². The molecule has 7 N–H and O–H groups in total. The number of carbonyl (C=O) groups excluding carboxylic acids is 5. The summed E-state index contributed by atoms with van der Waals surface area (Å²) < 4.78 is 64.3. The van der Waals surface area contributed by atoms with Crippen LogP contribution in [0.3, 0.4) is 0 Å². The van der Waals surface area contributed by atoms with E-state index >= 15 is 0 Å². The van der Waals surface area contributed by atoms with Crippen molar-refractivity contribution in [2.75, 3.05) is 55.6 Å². The minimum absolute atomic E-state index is 0.202. The number of carbonyl (C=O) groups is 5. The molecule has 0 saturated carbocycles. The zero-order valence-corrected chi connectivity index (χ0v) is 48.2. The number of likely N-dealkylation sites (N-methyl/N-ethyl adjacent to an activating group) is 2. The topological polar surface area (TPSA) is 355 Å². The highest BCUT2D eigenvalue weighted by atomic mass is 16.7. The smallest absolute Gasteiger partial charge is 0.332 e. The van der Waals surface area contributed by atoms with Crippen molar-refractivity contribution < 1.29 is 96.5 Å². The number of hydrogen-bond acceptors (Lipinski definition) is 24. The number of hydrogen-bond donors (Lipinski definition) is 6. The molecule has 0 radical (unpaired) electrons. The van der Waals surface area contributed by atoms with Crippen LogP contribution in [-0.4, -0.2) is 229 Å². The fraction of sp³-hybridized carbons (Fsp3) is 0.833. The van der Waals surface area contributed by atoms with E-state index in [1.807, 2.05) is 4.98 Å². The van der Waals surface area contributed by atoms with Gasteiger partial charge in [-0.05, 0) is 32.7 Å². The van der Waals surface area contributed by atoms with Gasteiger partial charge in [0.05, 0.1) is 19.6 Å². The van der Waals surface area contributed by atoms with Crippen molar-refractivity contribution in [2.45, 2.75) is 227 Å². The van der Waals surface area contributed by atoms with E-state index in [0.717, 1.165) is 60.9 Å². The number of aliphatic hydroxyl groups excluding tert-OH is 4. The van der Waals surface area contributed by atoms with Gasteiger partial charge in [0.25, 0.3) is 5.56 Å². The molecule has 4 aliphatic heterocycles. The maximum absolute atomic E-state index is 14.9. The Kier molecular flexibility index (Phi) is 27.0. The summed E-state index contributed by atoms with van der Waals surface area (Å²) >= 11 is 0. The van der Waals surface area contributed by atoms with Gasteiger partial charge in [-0.3, -0.25) is 38.4 Å². The van der Waals surface area contributed by atoms with Crippen LogP contribution in [0.5, 0.6) is 0 Å². The van der Waals surface area contributed by atoms with Crippen LogP contribution in [0.4, 0.5) is 0 Å². The van der Waals surface area contributed by atoms with Crippen molar-refractivity contribution in [2.24, 2.45) is 11.7 Å². The molecule has 1 amide bonds. The zero-order chi connectivity index (χ0) is 59.7. The van der Waals surface area contributed by atoms with E-state index < -0.39 is 170 Å². The summed E-state index contributed by atoms with van der Waals surface area (Å²) in [5, 5.41) is 44.7. The molecule has 5 heterocycles. The minimum Gasteiger partial charge on any atom is -0.467 e. The first kappa shape index (κ1) is 67.3. The van der Waals surface area contributed by atoms with E-state index in [4.69, 9.17) is 57.8 Å². The number of nitrogens with two attached hydrogens (primary N) is 1. The summed E-state index contributed by atoms with van der Waals surface area (Å²) in [4.78, 5) is 98.9. The number of aromatic amines is 1. The number of nitrogens with zero attached hydrogens (tertiary/aromatic N) is 3. The van der Waals surface area contributed by atoms with Crippen molar-refractivity contribution in [3.63, 3.8) is 0 Å². The first-order chi connectivity index (χ1) is 38.6. The Bertz CT molecular complexity index is 2270. The fourth-order valence-corrected chi connectivity index (χ4v) is 11.1. The first-order valence-electron chi connectivity index (χ1n) is 28.2. The molecular formula is C54H89N5O22. The lowest BCUT2D eigenvalue weighted by Crippen LogP contribution is -2.59. The van der Waals surface area contributed by atoms with Gasteiger partial charge >= 0.3 is 29.6 Å². The van der Waals surface area contributed by atoms with Crippen LogP contribution in [0.1, 0.15) is 123 Å². The molecule has 5 rings (SSSR count). The van der Waals surface area contributed by atoms with Crippen molar-refractivity contribution in [1.82, 2.24) is 19.4 Å². The predicted molar refractivity (Wildman–Crippen MR) is 284 cm³/mol. The molecule has 27 heteroatoms. The normalized spacial score (nSPS) is 32.0. The van der Waals surface area contributed by atoms with Crippen LogP contribution < -0.4 is 17.0 Å². The molecule has 0 spiro atoms. The van der Waals surface area contributed by atoms with Gasteiger partial charge in [-0.25, -0.2) is 9.59 Å². The third-order valence-corrected chi connectivity index (χ3v) is 15.6. The van der Waals surface area contributed by atoms with E-state index in [1.54, 1.807) is 13.8 Å². The lowest BCUT2D eigenvalue weighted by atomic mass is 9.97. The molecular weight excluding hydrogens is 1070 g/mol. The Morgan fingerprint density at radius 2 is 1.35 bits per heavy atom. The Morgan fingerprint density at radius 3 is 1.93 bits per heavy atom. The molecule has 1 aromatic heterocycles. The van der Waals surface area contributed by atoms with Crippen molar-refractivity contribution in [1.29, 1.82) is 0 Å². The maximum Gasteiger partial charge on any atom is 0.332 e. The highest BCUT2D eigenvalue weighted by Crippen LogP contribution is 2.37. The molecule has 19 atom stereocenters. The second kappa shape index (κ2) is 32.5. The van der Waals surface area contributed by atoms with Crippen LogP contribution in [0, 0.1) is 5.92 Å². The van der Waals surface area contributed by atoms with Gasteiger partial charge in [0.2, 0.25) is 12.2 Å². The lowest BCUT2D eigenvalue weighted by Gasteiger charge is -2.43. The average Bonchev–Trinajstić information content (AvgIpc) is 4.03. The quantitative estimate of drug-likeness (QED) is 0.0322. The third-order valence-electron chi connectivity index (χ3n) is 15.6. The van der Waals surface area contributed by atoms with Crippen LogP contribution in [0.2, 0.25) is 0 Å². The second-order valence-electron chi connectivity index (χ2n) is 21.6. The Balaban J connectivity index is 1.34. The summed E-state index contributed by atoms with van der Waals surface area (Å²) in [5.74, 6) is -4.78. The molecule has 0 aliphatic carbocycles. The van der Waals surface area contributed by atoms with Gasteiger partial charge in [-0.15, -0.1) is 0 Å². The molecule has 0 aromatic carbocycles. The number of aliphatic hydroxyl groups is 4. The number of methoxy groups -OCH3 is 4. The van der Waals surface area contributed by atoms with Crippen LogP contribution in [-0.2, 0) is 76.1 Å². The number of aromatic nitrogens is 2. The molecule has 4 fully saturated rings. The molecule has 4 aliphatic rings. The van der Waals surface area contributed by atoms with E-state index in [-0.39, 0.29) is 25.8 Å². The van der Waals surface area contributed by atoms with E-state index in [9.17, 15) is 54.0 Å². The molecule has 0 bridgehead atoms. The highest BCUT2D eigenvalue weighted by Gasteiger charge is 2.57. The monoisotopic (exact) mass is 1160 g/mol. The van der Waals surface area contributed by atoms with E-state index in [1.165, 1.54) is 72.4 Å². The number of rotatable bonds is 31. The lowest BCUT2D eigenvalue weighted by molar-refractivity contribution is -0.297. The predicted octanol–water partition coefficient (Wildman–Crippen LogP) is -0.0755. The Morgan fingerprint density at radius 1 is 0.741 bits per heavy atom. The largest absolute Gasteiger partial charge is 0.467 e. The summed E-state index contributed by atoms with van der Waals surface area (Å²) in [6.07, 6.45) is -9.42. The molecule has 27 nitrogen and oxygen atoms in total. The second-order valence-corrected chi connectivity index (χ2v) is 21.6. The maximum atomic E-state index is 14.9. The summed E-state index contributed by atoms with van der Waals surface area (Å²) in [6, 6.07) is -2.29. The van der Waals surface area contributed by atoms with Crippen molar-refractivity contribution in [3.05, 3.63) is 33.1 Å². The molecule has 12 unspecified atom stereocenters. The number of esters is 4. The number of ether oxygens (including phenoxy) is 11. The zero-order valence-electron chi connectivity index (χ0n) is 48.2. The number of amides is 1. The molecule has 4 saturated heterocycles. The van der Waals surface area contributed by atoms with Gasteiger partial charge in [0.1, 0.15) is 79.3 Å². The minimum atomic E-state index is -1.94. The van der Waals surface area contributed by atoms with Crippen LogP contribution in [0.15, 0.2) is 21.9 Å². The van der Waals surface area contributed by atoms with Gasteiger partial charge in [0.15, 0.2) is 18.6 Å². The van der Waals surface area contributed by atoms with Crippen molar-refractivity contribution in [3.8, 4) is 0 Å². The highest BCUT2D eigenvalue weighted by molar-refractivity contribution is 5.89. The molecule has 81 heavy (non-hydrogen) atoms. The van der Waals surface area contributed by atoms with Gasteiger partial charge in [-0.2, -0.15) is 0 Å². The molecule has 1 aromatic rings. The SMILES string of the molecule is CCCCCCCCCCCCCC(CC(=O)O[C@H]1CN(C)C([C@@H](OC2O[C@H](CN)[C@@H](O)[C@H]2O)C2OC(n3ccc(=O)[nH]c3=O)[C@H](O)[C@@H]2O)C(=O)N(C)C1C(=O)OC)OC(=O)CC(C)CC(=O)OC1OC(C)C(OC)C(OC)C1OC. The number of H-pyrrole nitrogens is 1. The standard InChI is InChI=1S/C54H89N5O22/c1-10-11-12-13-14-15-16-17-18-19-20-21-31(76-35(61)24-29(2)25-36(62)79-53-48(73-8)47(72-7)44(71-6)30(3)75-53)26-37(63)77-33-28-57(4)39(49(68)58(5)38(33)51(69)74-9)45(81-52-43(67)40(64)32(27-55)78-52)46-41(65)42(66)50(80-46)59-23-22-34(60)56-54(59)70/h22-23,29-33,38-48,50,52-53,64-67H,10-21,24-28,55H2,1-9H3,(H,56,60,70)/t29?,30?,31?,32-,33+,38?,39?,40-,41+,42-,43-,44?,45-,46?,47?,48?,50?,52?,53?/m1/s1. The van der Waals surface area contributed by atoms with E-state index in [2.05, 4.69) is 6.92 Å². The van der Waals surface area contributed by atoms with Crippen molar-refractivity contribution >= 4 is 29.8 Å². The van der Waals surface area contributed by atoms with Gasteiger partial charge < -0.3 is 83.2 Å².